The van der Waals surface area contributed by atoms with Gasteiger partial charge in [-0.05, 0) is 36.0 Å². The van der Waals surface area contributed by atoms with Gasteiger partial charge in [0.25, 0.3) is 0 Å². The lowest BCUT2D eigenvalue weighted by Gasteiger charge is -2.36. The molecule has 6 nitrogen and oxygen atoms in total. The van der Waals surface area contributed by atoms with Crippen molar-refractivity contribution in [2.45, 2.75) is 52.1 Å². The molecule has 0 fully saturated rings. The number of benzene rings is 1. The first-order chi connectivity index (χ1) is 14.3. The van der Waals surface area contributed by atoms with Gasteiger partial charge < -0.3 is 9.84 Å². The number of aromatic nitrogens is 3. The zero-order chi connectivity index (χ0) is 21.3. The quantitative estimate of drug-likeness (QED) is 0.578. The van der Waals surface area contributed by atoms with E-state index in [0.29, 0.717) is 35.3 Å². The summed E-state index contributed by atoms with van der Waals surface area (Å²) in [5, 5.41) is 12.5. The fraction of sp³-hybridized carbons (Fsp3) is 0.409. The monoisotopic (exact) mass is 446 g/mol. The Morgan fingerprint density at radius 1 is 1.33 bits per heavy atom. The Hall–Kier alpha value is -2.31. The van der Waals surface area contributed by atoms with Crippen molar-refractivity contribution in [1.82, 2.24) is 20.3 Å². The molecule has 3 aromatic rings. The maximum atomic E-state index is 12.6. The van der Waals surface area contributed by atoms with Gasteiger partial charge in [0.2, 0.25) is 5.91 Å². The highest BCUT2D eigenvalue weighted by molar-refractivity contribution is 6.30. The summed E-state index contributed by atoms with van der Waals surface area (Å²) in [6, 6.07) is 9.38. The molecular weight excluding hydrogens is 423 g/mol. The molecule has 4 rings (SSSR count). The summed E-state index contributed by atoms with van der Waals surface area (Å²) in [4.78, 5) is 12.6. The minimum Gasteiger partial charge on any atom is -0.360 e. The topological polar surface area (TPSA) is 73.0 Å². The van der Waals surface area contributed by atoms with Gasteiger partial charge in [-0.3, -0.25) is 9.48 Å². The molecular formula is C22H24Cl2N4O2. The minimum absolute atomic E-state index is 0.0289. The van der Waals surface area contributed by atoms with Crippen LogP contribution in [0.2, 0.25) is 10.2 Å². The van der Waals surface area contributed by atoms with Crippen molar-refractivity contribution in [1.29, 1.82) is 0 Å². The lowest BCUT2D eigenvalue weighted by atomic mass is 9.74. The van der Waals surface area contributed by atoms with Crippen LogP contribution in [0.25, 0.3) is 0 Å². The van der Waals surface area contributed by atoms with Crippen molar-refractivity contribution in [3.8, 4) is 0 Å². The largest absolute Gasteiger partial charge is 0.360 e. The number of hydrogen-bond acceptors (Lipinski definition) is 4. The van der Waals surface area contributed by atoms with Crippen molar-refractivity contribution in [3.63, 3.8) is 0 Å². The van der Waals surface area contributed by atoms with Gasteiger partial charge in [0.1, 0.15) is 5.76 Å². The molecule has 158 valence electrons. The van der Waals surface area contributed by atoms with Gasteiger partial charge in [0, 0.05) is 35.2 Å². The summed E-state index contributed by atoms with van der Waals surface area (Å²) in [5.74, 6) is 0.577. The van der Waals surface area contributed by atoms with E-state index >= 15 is 0 Å². The van der Waals surface area contributed by atoms with Crippen LogP contribution >= 0.6 is 23.2 Å². The van der Waals surface area contributed by atoms with Gasteiger partial charge in [-0.2, -0.15) is 5.10 Å². The highest BCUT2D eigenvalue weighted by Crippen LogP contribution is 2.41. The van der Waals surface area contributed by atoms with Crippen molar-refractivity contribution in [2.75, 3.05) is 0 Å². The molecule has 30 heavy (non-hydrogen) atoms. The summed E-state index contributed by atoms with van der Waals surface area (Å²) < 4.78 is 7.10. The van der Waals surface area contributed by atoms with E-state index in [0.717, 1.165) is 24.0 Å². The number of carbonyl (C=O) groups is 1. The normalized spacial score (nSPS) is 17.5. The van der Waals surface area contributed by atoms with Crippen LogP contribution in [0.4, 0.5) is 0 Å². The zero-order valence-corrected chi connectivity index (χ0v) is 18.5. The average molecular weight is 447 g/mol. The fourth-order valence-corrected chi connectivity index (χ4v) is 4.45. The molecule has 1 aromatic carbocycles. The Morgan fingerprint density at radius 2 is 2.17 bits per heavy atom. The molecule has 0 saturated heterocycles. The molecule has 1 aliphatic rings. The summed E-state index contributed by atoms with van der Waals surface area (Å²) >= 11 is 11.9. The first-order valence-corrected chi connectivity index (χ1v) is 10.7. The molecule has 1 aliphatic carbocycles. The van der Waals surface area contributed by atoms with Gasteiger partial charge in [-0.15, -0.1) is 0 Å². The second-order valence-electron chi connectivity index (χ2n) is 8.62. The average Bonchev–Trinajstić information content (AvgIpc) is 3.26. The van der Waals surface area contributed by atoms with Crippen molar-refractivity contribution in [2.24, 2.45) is 5.41 Å². The second kappa shape index (κ2) is 8.44. The van der Waals surface area contributed by atoms with Crippen LogP contribution in [0.5, 0.6) is 0 Å². The van der Waals surface area contributed by atoms with E-state index < -0.39 is 0 Å². The Kier molecular flexibility index (Phi) is 5.89. The lowest BCUT2D eigenvalue weighted by Crippen LogP contribution is -2.37. The molecule has 1 unspecified atom stereocenters. The molecule has 1 amide bonds. The van der Waals surface area contributed by atoms with Crippen molar-refractivity contribution >= 4 is 29.1 Å². The first-order valence-electron chi connectivity index (χ1n) is 9.98. The summed E-state index contributed by atoms with van der Waals surface area (Å²) in [5.41, 5.74) is 3.41. The number of halogens is 2. The number of aryl methyl sites for hydroxylation is 1. The van der Waals surface area contributed by atoms with E-state index in [9.17, 15) is 4.79 Å². The third-order valence-corrected chi connectivity index (χ3v) is 5.86. The molecule has 0 bridgehead atoms. The van der Waals surface area contributed by atoms with E-state index in [1.54, 1.807) is 6.07 Å². The SMILES string of the molecule is CC1(C)Cc2c(cnn2Cc2cccc(Cl)c2)C(NC(=O)CCc2cc(Cl)no2)C1. The molecule has 1 N–H and O–H groups in total. The Morgan fingerprint density at radius 3 is 2.90 bits per heavy atom. The standard InChI is InChI=1S/C22H24Cl2N4O2/c1-22(2)10-18(26-21(29)7-6-16-9-20(24)27-30-16)17-12-25-28(19(17)11-22)13-14-4-3-5-15(23)8-14/h3-5,8-9,12,18H,6-7,10-11,13H2,1-2H3,(H,26,29). The van der Waals surface area contributed by atoms with Crippen LogP contribution in [0, 0.1) is 5.41 Å². The molecule has 1 atom stereocenters. The van der Waals surface area contributed by atoms with Crippen LogP contribution in [-0.2, 0) is 24.2 Å². The van der Waals surface area contributed by atoms with Crippen molar-refractivity contribution in [3.05, 3.63) is 69.3 Å². The number of amides is 1. The van der Waals surface area contributed by atoms with Crippen LogP contribution in [-0.4, -0.2) is 20.8 Å². The fourth-order valence-electron chi connectivity index (χ4n) is 4.08. The third kappa shape index (κ3) is 4.87. The number of carbonyl (C=O) groups excluding carboxylic acids is 1. The number of nitrogens with zero attached hydrogens (tertiary/aromatic N) is 3. The molecule has 0 radical (unpaired) electrons. The van der Waals surface area contributed by atoms with E-state index in [1.807, 2.05) is 35.1 Å². The molecule has 0 saturated carbocycles. The summed E-state index contributed by atoms with van der Waals surface area (Å²) in [6.45, 7) is 5.10. The van der Waals surface area contributed by atoms with Crippen LogP contribution < -0.4 is 5.32 Å². The number of rotatable bonds is 6. The van der Waals surface area contributed by atoms with Gasteiger partial charge in [0.05, 0.1) is 18.8 Å². The zero-order valence-electron chi connectivity index (χ0n) is 17.0. The highest BCUT2D eigenvalue weighted by atomic mass is 35.5. The number of hydrogen-bond donors (Lipinski definition) is 1. The second-order valence-corrected chi connectivity index (χ2v) is 9.44. The molecule has 0 spiro atoms. The molecule has 2 aromatic heterocycles. The Bertz CT molecular complexity index is 1060. The maximum Gasteiger partial charge on any atom is 0.220 e. The molecule has 0 aliphatic heterocycles. The summed E-state index contributed by atoms with van der Waals surface area (Å²) in [6.07, 6.45) is 4.43. The van der Waals surface area contributed by atoms with Gasteiger partial charge >= 0.3 is 0 Å². The van der Waals surface area contributed by atoms with E-state index in [1.165, 1.54) is 5.69 Å². The minimum atomic E-state index is -0.0670. The predicted molar refractivity (Wildman–Crippen MR) is 116 cm³/mol. The van der Waals surface area contributed by atoms with E-state index in [-0.39, 0.29) is 17.4 Å². The predicted octanol–water partition coefficient (Wildman–Crippen LogP) is 4.99. The van der Waals surface area contributed by atoms with Crippen LogP contribution in [0.15, 0.2) is 41.1 Å². The highest BCUT2D eigenvalue weighted by Gasteiger charge is 2.35. The van der Waals surface area contributed by atoms with Crippen molar-refractivity contribution < 1.29 is 9.32 Å². The number of fused-ring (bicyclic) bond motifs is 1. The number of nitrogens with one attached hydrogen (secondary N) is 1. The Labute approximate surface area is 185 Å². The molecule has 8 heteroatoms. The Balaban J connectivity index is 1.49. The van der Waals surface area contributed by atoms with Gasteiger partial charge in [0.15, 0.2) is 5.15 Å². The smallest absolute Gasteiger partial charge is 0.220 e. The van der Waals surface area contributed by atoms with Gasteiger partial charge in [-0.25, -0.2) is 0 Å². The maximum absolute atomic E-state index is 12.6. The summed E-state index contributed by atoms with van der Waals surface area (Å²) in [7, 11) is 0. The third-order valence-electron chi connectivity index (χ3n) is 5.44. The first kappa shape index (κ1) is 20.9. The van der Waals surface area contributed by atoms with E-state index in [2.05, 4.69) is 29.4 Å². The van der Waals surface area contributed by atoms with E-state index in [4.69, 9.17) is 27.7 Å². The van der Waals surface area contributed by atoms with Crippen LogP contribution in [0.3, 0.4) is 0 Å². The van der Waals surface area contributed by atoms with Crippen LogP contribution in [0.1, 0.15) is 55.3 Å². The van der Waals surface area contributed by atoms with Gasteiger partial charge in [-0.1, -0.05) is 54.3 Å². The lowest BCUT2D eigenvalue weighted by molar-refractivity contribution is -0.122. The molecule has 2 heterocycles.